The fraction of sp³-hybridized carbons (Fsp3) is 0.286. The van der Waals surface area contributed by atoms with E-state index in [1.807, 2.05) is 43.3 Å². The predicted molar refractivity (Wildman–Crippen MR) is 136 cm³/mol. The lowest BCUT2D eigenvalue weighted by molar-refractivity contribution is -0.126. The largest absolute Gasteiger partial charge is 0.494 e. The Hall–Kier alpha value is -4.24. The number of nitrogens with zero attached hydrogens (tertiary/aromatic N) is 2. The van der Waals surface area contributed by atoms with Crippen LogP contribution >= 0.6 is 0 Å². The number of imide groups is 1. The molecule has 2 saturated heterocycles. The van der Waals surface area contributed by atoms with E-state index in [4.69, 9.17) is 23.8 Å². The number of carbonyl (C=O) groups is 2. The van der Waals surface area contributed by atoms with Crippen molar-refractivity contribution in [3.8, 4) is 23.0 Å². The van der Waals surface area contributed by atoms with Gasteiger partial charge in [-0.2, -0.15) is 0 Å². The normalized spacial score (nSPS) is 20.7. The zero-order valence-electron chi connectivity index (χ0n) is 21.0. The third-order valence-electron chi connectivity index (χ3n) is 6.59. The lowest BCUT2D eigenvalue weighted by Gasteiger charge is -2.30. The van der Waals surface area contributed by atoms with Crippen LogP contribution in [0, 0.1) is 5.92 Å². The Balaban J connectivity index is 1.61. The van der Waals surface area contributed by atoms with Crippen LogP contribution in [-0.4, -0.2) is 45.9 Å². The molecule has 0 saturated carbocycles. The summed E-state index contributed by atoms with van der Waals surface area (Å²) < 4.78 is 22.3. The van der Waals surface area contributed by atoms with E-state index in [0.29, 0.717) is 46.5 Å². The summed E-state index contributed by atoms with van der Waals surface area (Å²) in [5, 5.41) is 1.62. The van der Waals surface area contributed by atoms with E-state index in [0.717, 1.165) is 0 Å². The molecule has 192 valence electrons. The number of rotatable bonds is 8. The maximum absolute atomic E-state index is 13.9. The summed E-state index contributed by atoms with van der Waals surface area (Å²) in [6.45, 7) is 2.41. The first-order valence-electron chi connectivity index (χ1n) is 11.9. The molecular weight excluding hydrogens is 476 g/mol. The first-order valence-corrected chi connectivity index (χ1v) is 11.9. The molecule has 0 unspecified atom stereocenters. The second-order valence-corrected chi connectivity index (χ2v) is 8.52. The van der Waals surface area contributed by atoms with Gasteiger partial charge in [0.1, 0.15) is 17.7 Å². The summed E-state index contributed by atoms with van der Waals surface area (Å²) in [6, 6.07) is 19.1. The standard InChI is InChI=1S/C28H28N2O7/c1-5-36-19-13-11-17(12-14-19)29-27(31)22-23(20-15-16-21(33-2)25(35-4)24(20)34-3)30(37-26(22)28(29)32)18-9-7-6-8-10-18/h6-16,22-23,26H,5H2,1-4H3/t22-,23-,26-/m0/s1. The summed E-state index contributed by atoms with van der Waals surface area (Å²) in [5.74, 6) is 0.309. The molecule has 0 aromatic heterocycles. The summed E-state index contributed by atoms with van der Waals surface area (Å²) >= 11 is 0. The van der Waals surface area contributed by atoms with Gasteiger partial charge in [0.2, 0.25) is 11.7 Å². The van der Waals surface area contributed by atoms with Crippen molar-refractivity contribution in [2.75, 3.05) is 37.9 Å². The number of carbonyl (C=O) groups excluding carboxylic acids is 2. The van der Waals surface area contributed by atoms with E-state index >= 15 is 0 Å². The van der Waals surface area contributed by atoms with Crippen molar-refractivity contribution in [2.45, 2.75) is 19.1 Å². The average molecular weight is 505 g/mol. The molecule has 0 bridgehead atoms. The molecule has 3 atom stereocenters. The van der Waals surface area contributed by atoms with Gasteiger partial charge in [-0.3, -0.25) is 14.4 Å². The molecule has 2 amide bonds. The molecule has 0 spiro atoms. The number of hydroxylamine groups is 1. The van der Waals surface area contributed by atoms with Crippen LogP contribution in [0.25, 0.3) is 0 Å². The minimum atomic E-state index is -1.01. The maximum Gasteiger partial charge on any atom is 0.266 e. The van der Waals surface area contributed by atoms with E-state index in [2.05, 4.69) is 0 Å². The van der Waals surface area contributed by atoms with Crippen molar-refractivity contribution in [3.63, 3.8) is 0 Å². The molecule has 3 aromatic rings. The van der Waals surface area contributed by atoms with Crippen LogP contribution in [0.4, 0.5) is 11.4 Å². The molecule has 2 heterocycles. The minimum Gasteiger partial charge on any atom is -0.494 e. The smallest absolute Gasteiger partial charge is 0.266 e. The van der Waals surface area contributed by atoms with E-state index in [1.165, 1.54) is 26.2 Å². The Kier molecular flexibility index (Phi) is 6.62. The summed E-state index contributed by atoms with van der Waals surface area (Å²) in [6.07, 6.45) is -1.01. The highest BCUT2D eigenvalue weighted by molar-refractivity contribution is 6.24. The van der Waals surface area contributed by atoms with Crippen LogP contribution in [0.1, 0.15) is 18.5 Å². The lowest BCUT2D eigenvalue weighted by atomic mass is 9.89. The van der Waals surface area contributed by atoms with Gasteiger partial charge in [-0.1, -0.05) is 18.2 Å². The summed E-state index contributed by atoms with van der Waals surface area (Å²) in [5.41, 5.74) is 1.79. The number of amides is 2. The zero-order chi connectivity index (χ0) is 26.1. The number of hydrogen-bond acceptors (Lipinski definition) is 8. The Morgan fingerprint density at radius 1 is 0.784 bits per heavy atom. The fourth-order valence-electron chi connectivity index (χ4n) is 5.00. The van der Waals surface area contributed by atoms with E-state index in [1.54, 1.807) is 35.4 Å². The molecule has 0 radical (unpaired) electrons. The number of benzene rings is 3. The molecule has 2 aliphatic heterocycles. The molecule has 0 aliphatic carbocycles. The number of methoxy groups -OCH3 is 3. The van der Waals surface area contributed by atoms with Crippen molar-refractivity contribution < 1.29 is 33.4 Å². The molecule has 2 fully saturated rings. The van der Waals surface area contributed by atoms with E-state index in [9.17, 15) is 9.59 Å². The fourth-order valence-corrected chi connectivity index (χ4v) is 5.00. The second-order valence-electron chi connectivity index (χ2n) is 8.52. The van der Waals surface area contributed by atoms with Crippen LogP contribution in [0.3, 0.4) is 0 Å². The molecule has 9 nitrogen and oxygen atoms in total. The van der Waals surface area contributed by atoms with Crippen LogP contribution in [0.5, 0.6) is 23.0 Å². The highest BCUT2D eigenvalue weighted by Crippen LogP contribution is 2.52. The number of para-hydroxylation sites is 1. The average Bonchev–Trinajstić information content (AvgIpc) is 3.44. The van der Waals surface area contributed by atoms with Crippen LogP contribution in [-0.2, 0) is 14.4 Å². The second kappa shape index (κ2) is 10.0. The zero-order valence-corrected chi connectivity index (χ0v) is 21.0. The van der Waals surface area contributed by atoms with Gasteiger partial charge in [-0.25, -0.2) is 9.96 Å². The number of fused-ring (bicyclic) bond motifs is 1. The monoisotopic (exact) mass is 504 g/mol. The van der Waals surface area contributed by atoms with E-state index < -0.39 is 24.0 Å². The van der Waals surface area contributed by atoms with Gasteiger partial charge in [0, 0.05) is 5.56 Å². The van der Waals surface area contributed by atoms with Gasteiger partial charge in [-0.05, 0) is 55.5 Å². The third kappa shape index (κ3) is 4.01. The highest BCUT2D eigenvalue weighted by Gasteiger charge is 2.61. The third-order valence-corrected chi connectivity index (χ3v) is 6.59. The Morgan fingerprint density at radius 3 is 2.11 bits per heavy atom. The Bertz CT molecular complexity index is 1300. The molecule has 5 rings (SSSR count). The van der Waals surface area contributed by atoms with Gasteiger partial charge in [-0.15, -0.1) is 0 Å². The van der Waals surface area contributed by atoms with Crippen molar-refractivity contribution in [1.29, 1.82) is 0 Å². The van der Waals surface area contributed by atoms with Gasteiger partial charge in [0.15, 0.2) is 17.6 Å². The van der Waals surface area contributed by atoms with Crippen molar-refractivity contribution in [1.82, 2.24) is 0 Å². The summed E-state index contributed by atoms with van der Waals surface area (Å²) in [7, 11) is 4.58. The van der Waals surface area contributed by atoms with E-state index in [-0.39, 0.29) is 5.91 Å². The number of anilines is 2. The van der Waals surface area contributed by atoms with Crippen LogP contribution < -0.4 is 28.9 Å². The number of ether oxygens (including phenoxy) is 4. The minimum absolute atomic E-state index is 0.362. The maximum atomic E-state index is 13.9. The first-order chi connectivity index (χ1) is 18.0. The van der Waals surface area contributed by atoms with Gasteiger partial charge in [0.25, 0.3) is 5.91 Å². The number of hydrogen-bond donors (Lipinski definition) is 0. The van der Waals surface area contributed by atoms with Crippen molar-refractivity contribution >= 4 is 23.2 Å². The molecule has 2 aliphatic rings. The quantitative estimate of drug-likeness (QED) is 0.423. The Labute approximate surface area is 215 Å². The molecule has 0 N–H and O–H groups in total. The lowest BCUT2D eigenvalue weighted by Crippen LogP contribution is -2.37. The van der Waals surface area contributed by atoms with Gasteiger partial charge in [0.05, 0.1) is 39.3 Å². The molecular formula is C28H28N2O7. The molecule has 37 heavy (non-hydrogen) atoms. The molecule has 3 aromatic carbocycles. The van der Waals surface area contributed by atoms with Gasteiger partial charge >= 0.3 is 0 Å². The first kappa shape index (κ1) is 24.5. The summed E-state index contributed by atoms with van der Waals surface area (Å²) in [4.78, 5) is 34.9. The van der Waals surface area contributed by atoms with Crippen molar-refractivity contribution in [3.05, 3.63) is 72.3 Å². The van der Waals surface area contributed by atoms with Gasteiger partial charge < -0.3 is 18.9 Å². The predicted octanol–water partition coefficient (Wildman–Crippen LogP) is 4.16. The topological polar surface area (TPSA) is 86.8 Å². The van der Waals surface area contributed by atoms with Crippen LogP contribution in [0.15, 0.2) is 66.7 Å². The van der Waals surface area contributed by atoms with Crippen LogP contribution in [0.2, 0.25) is 0 Å². The highest BCUT2D eigenvalue weighted by atomic mass is 16.7. The van der Waals surface area contributed by atoms with Crippen molar-refractivity contribution in [2.24, 2.45) is 5.92 Å². The Morgan fingerprint density at radius 2 is 1.49 bits per heavy atom. The SMILES string of the molecule is CCOc1ccc(N2C(=O)[C@@H]3[C@H](ON(c4ccccc4)[C@H]3c3ccc(OC)c(OC)c3OC)C2=O)cc1. The molecule has 9 heteroatoms.